The zero-order chi connectivity index (χ0) is 11.1. The second-order valence-corrected chi connectivity index (χ2v) is 3.83. The Morgan fingerprint density at radius 2 is 2.00 bits per heavy atom. The van der Waals surface area contributed by atoms with Crippen molar-refractivity contribution in [1.82, 2.24) is 10.6 Å². The van der Waals surface area contributed by atoms with Crippen LogP contribution in [0.5, 0.6) is 0 Å². The molecule has 0 saturated heterocycles. The number of amides is 2. The summed E-state index contributed by atoms with van der Waals surface area (Å²) >= 11 is 3.34. The number of hydrogen-bond donors (Lipinski definition) is 2. The van der Waals surface area contributed by atoms with Crippen molar-refractivity contribution < 1.29 is 9.53 Å². The van der Waals surface area contributed by atoms with Gasteiger partial charge in [-0.2, -0.15) is 0 Å². The first-order valence-electron chi connectivity index (χ1n) is 4.47. The lowest BCUT2D eigenvalue weighted by atomic mass is 10.2. The highest BCUT2D eigenvalue weighted by Gasteiger charge is 1.98. The average molecular weight is 273 g/mol. The average Bonchev–Trinajstić information content (AvgIpc) is 2.25. The molecule has 0 saturated carbocycles. The molecule has 1 rings (SSSR count). The molecule has 2 amide bonds. The van der Waals surface area contributed by atoms with Crippen LogP contribution in [0.4, 0.5) is 4.79 Å². The van der Waals surface area contributed by atoms with Crippen LogP contribution in [0.2, 0.25) is 0 Å². The van der Waals surface area contributed by atoms with E-state index >= 15 is 0 Å². The molecule has 0 unspecified atom stereocenters. The van der Waals surface area contributed by atoms with E-state index in [1.165, 1.54) is 7.11 Å². The topological polar surface area (TPSA) is 50.4 Å². The Morgan fingerprint density at radius 1 is 1.33 bits per heavy atom. The predicted octanol–water partition coefficient (Wildman–Crippen LogP) is 1.85. The van der Waals surface area contributed by atoms with Gasteiger partial charge in [-0.15, -0.1) is 0 Å². The number of urea groups is 1. The fourth-order valence-electron chi connectivity index (χ4n) is 0.985. The molecule has 0 heterocycles. The first-order chi connectivity index (χ1) is 7.22. The summed E-state index contributed by atoms with van der Waals surface area (Å²) < 4.78 is 5.73. The maximum Gasteiger partial charge on any atom is 0.316 e. The van der Waals surface area contributed by atoms with E-state index in [1.54, 1.807) is 0 Å². The maximum atomic E-state index is 11.1. The van der Waals surface area contributed by atoms with Gasteiger partial charge in [0.25, 0.3) is 0 Å². The highest BCUT2D eigenvalue weighted by Crippen LogP contribution is 2.09. The van der Waals surface area contributed by atoms with Crippen molar-refractivity contribution in [1.29, 1.82) is 0 Å². The first kappa shape index (κ1) is 12.0. The molecule has 4 nitrogen and oxygen atoms in total. The third-order valence-corrected chi connectivity index (χ3v) is 2.27. The second kappa shape index (κ2) is 6.42. The van der Waals surface area contributed by atoms with Crippen LogP contribution < -0.4 is 10.6 Å². The number of benzene rings is 1. The third-order valence-electron chi connectivity index (χ3n) is 1.74. The van der Waals surface area contributed by atoms with Gasteiger partial charge in [0.1, 0.15) is 6.73 Å². The number of rotatable bonds is 4. The largest absolute Gasteiger partial charge is 0.364 e. The minimum atomic E-state index is -0.236. The summed E-state index contributed by atoms with van der Waals surface area (Å²) in [4.78, 5) is 11.1. The van der Waals surface area contributed by atoms with E-state index < -0.39 is 0 Å². The quantitative estimate of drug-likeness (QED) is 0.822. The summed E-state index contributed by atoms with van der Waals surface area (Å²) in [6.45, 7) is 0.717. The van der Waals surface area contributed by atoms with Gasteiger partial charge in [0, 0.05) is 18.1 Å². The highest BCUT2D eigenvalue weighted by molar-refractivity contribution is 9.10. The maximum absolute atomic E-state index is 11.1. The molecule has 0 aliphatic carbocycles. The fraction of sp³-hybridized carbons (Fsp3) is 0.300. The number of carbonyl (C=O) groups excluding carboxylic acids is 1. The van der Waals surface area contributed by atoms with Crippen molar-refractivity contribution in [3.05, 3.63) is 34.3 Å². The van der Waals surface area contributed by atoms with Crippen LogP contribution >= 0.6 is 15.9 Å². The Balaban J connectivity index is 2.30. The van der Waals surface area contributed by atoms with Crippen LogP contribution in [0.25, 0.3) is 0 Å². The molecule has 0 atom stereocenters. The summed E-state index contributed by atoms with van der Waals surface area (Å²) in [5.41, 5.74) is 1.05. The van der Waals surface area contributed by atoms with Gasteiger partial charge in [-0.3, -0.25) is 0 Å². The van der Waals surface area contributed by atoms with Crippen molar-refractivity contribution in [2.45, 2.75) is 6.54 Å². The minimum absolute atomic E-state index is 0.214. The van der Waals surface area contributed by atoms with E-state index in [1.807, 2.05) is 24.3 Å². The van der Waals surface area contributed by atoms with E-state index in [9.17, 15) is 4.79 Å². The molecule has 5 heteroatoms. The van der Waals surface area contributed by atoms with Crippen LogP contribution in [0.15, 0.2) is 28.7 Å². The smallest absolute Gasteiger partial charge is 0.316 e. The van der Waals surface area contributed by atoms with Gasteiger partial charge < -0.3 is 15.4 Å². The summed E-state index contributed by atoms with van der Waals surface area (Å²) in [5, 5.41) is 5.24. The summed E-state index contributed by atoms with van der Waals surface area (Å²) in [6, 6.07) is 7.52. The van der Waals surface area contributed by atoms with Crippen LogP contribution in [0, 0.1) is 0 Å². The van der Waals surface area contributed by atoms with Crippen molar-refractivity contribution in [2.75, 3.05) is 13.8 Å². The van der Waals surface area contributed by atoms with Crippen molar-refractivity contribution in [3.63, 3.8) is 0 Å². The van der Waals surface area contributed by atoms with E-state index in [0.29, 0.717) is 6.54 Å². The van der Waals surface area contributed by atoms with E-state index in [-0.39, 0.29) is 12.8 Å². The zero-order valence-corrected chi connectivity index (χ0v) is 10.0. The van der Waals surface area contributed by atoms with Gasteiger partial charge in [0.2, 0.25) is 0 Å². The van der Waals surface area contributed by atoms with Gasteiger partial charge in [0.05, 0.1) is 0 Å². The normalized spacial score (nSPS) is 9.73. The molecular formula is C10H13BrN2O2. The molecule has 1 aromatic carbocycles. The van der Waals surface area contributed by atoms with Gasteiger partial charge in [0.15, 0.2) is 0 Å². The monoisotopic (exact) mass is 272 g/mol. The molecule has 0 bridgehead atoms. The molecule has 0 aromatic heterocycles. The van der Waals surface area contributed by atoms with Crippen molar-refractivity contribution in [3.8, 4) is 0 Å². The van der Waals surface area contributed by atoms with Gasteiger partial charge in [-0.25, -0.2) is 4.79 Å². The van der Waals surface area contributed by atoms with E-state index in [2.05, 4.69) is 26.6 Å². The molecule has 82 valence electrons. The molecule has 2 N–H and O–H groups in total. The van der Waals surface area contributed by atoms with E-state index in [0.717, 1.165) is 10.0 Å². The van der Waals surface area contributed by atoms with Crippen molar-refractivity contribution >= 4 is 22.0 Å². The summed E-state index contributed by atoms with van der Waals surface area (Å²) in [6.07, 6.45) is 0. The Hall–Kier alpha value is -1.07. The van der Waals surface area contributed by atoms with Crippen LogP contribution in [-0.2, 0) is 11.3 Å². The Morgan fingerprint density at radius 3 is 2.60 bits per heavy atom. The Labute approximate surface area is 97.1 Å². The molecule has 0 spiro atoms. The molecule has 0 radical (unpaired) electrons. The summed E-state index contributed by atoms with van der Waals surface area (Å²) in [7, 11) is 1.52. The lowest BCUT2D eigenvalue weighted by Gasteiger charge is -2.06. The van der Waals surface area contributed by atoms with Crippen LogP contribution in [0.3, 0.4) is 0 Å². The molecule has 1 aromatic rings. The van der Waals surface area contributed by atoms with Gasteiger partial charge in [-0.05, 0) is 17.7 Å². The fourth-order valence-corrected chi connectivity index (χ4v) is 1.25. The molecule has 0 aliphatic heterocycles. The number of hydrogen-bond acceptors (Lipinski definition) is 2. The second-order valence-electron chi connectivity index (χ2n) is 2.92. The lowest BCUT2D eigenvalue weighted by molar-refractivity contribution is 0.172. The number of nitrogens with one attached hydrogen (secondary N) is 2. The van der Waals surface area contributed by atoms with Gasteiger partial charge >= 0.3 is 6.03 Å². The van der Waals surface area contributed by atoms with Crippen LogP contribution in [-0.4, -0.2) is 19.9 Å². The Kier molecular flexibility index (Phi) is 5.14. The minimum Gasteiger partial charge on any atom is -0.364 e. The zero-order valence-electron chi connectivity index (χ0n) is 8.42. The van der Waals surface area contributed by atoms with Gasteiger partial charge in [-0.1, -0.05) is 28.1 Å². The van der Waals surface area contributed by atoms with E-state index in [4.69, 9.17) is 4.74 Å². The summed E-state index contributed by atoms with van der Waals surface area (Å²) in [5.74, 6) is 0. The standard InChI is InChI=1S/C10H13BrN2O2/c1-15-7-13-10(14)12-6-8-2-4-9(11)5-3-8/h2-5H,6-7H2,1H3,(H2,12,13,14). The molecule has 0 fully saturated rings. The first-order valence-corrected chi connectivity index (χ1v) is 5.27. The Bertz CT molecular complexity index is 314. The number of carbonyl (C=O) groups is 1. The number of methoxy groups -OCH3 is 1. The molecule has 15 heavy (non-hydrogen) atoms. The SMILES string of the molecule is COCNC(=O)NCc1ccc(Br)cc1. The lowest BCUT2D eigenvalue weighted by Crippen LogP contribution is -2.36. The highest BCUT2D eigenvalue weighted by atomic mass is 79.9. The third kappa shape index (κ3) is 4.80. The number of ether oxygens (including phenoxy) is 1. The van der Waals surface area contributed by atoms with Crippen molar-refractivity contribution in [2.24, 2.45) is 0 Å². The number of halogens is 1. The van der Waals surface area contributed by atoms with Crippen LogP contribution in [0.1, 0.15) is 5.56 Å². The molecule has 0 aliphatic rings. The molecular weight excluding hydrogens is 260 g/mol. The predicted molar refractivity (Wildman–Crippen MR) is 61.4 cm³/mol.